The van der Waals surface area contributed by atoms with Gasteiger partial charge in [-0.1, -0.05) is 48.5 Å². The van der Waals surface area contributed by atoms with Crippen LogP contribution in [0.4, 0.5) is 11.4 Å². The minimum Gasteiger partial charge on any atom is -0.374 e. The van der Waals surface area contributed by atoms with Gasteiger partial charge in [0.05, 0.1) is 4.90 Å². The van der Waals surface area contributed by atoms with E-state index in [4.69, 9.17) is 0 Å². The third-order valence-corrected chi connectivity index (χ3v) is 6.46. The molecule has 0 fully saturated rings. The number of rotatable bonds is 7. The SMILES string of the molecule is C[C@H](Nc1ccc(-c2ccccc2)cc1)C(=O)Nc1cccc(S(=O)(=O)N(C)C)c1. The fourth-order valence-corrected chi connectivity index (χ4v) is 3.85. The van der Waals surface area contributed by atoms with Crippen LogP contribution >= 0.6 is 0 Å². The minimum absolute atomic E-state index is 0.127. The maximum absolute atomic E-state index is 12.6. The number of benzene rings is 3. The lowest BCUT2D eigenvalue weighted by molar-refractivity contribution is -0.116. The van der Waals surface area contributed by atoms with Gasteiger partial charge in [0.2, 0.25) is 15.9 Å². The Bertz CT molecular complexity index is 1110. The molecule has 3 aromatic rings. The van der Waals surface area contributed by atoms with Crippen molar-refractivity contribution in [3.05, 3.63) is 78.9 Å². The molecule has 30 heavy (non-hydrogen) atoms. The van der Waals surface area contributed by atoms with Crippen LogP contribution in [0.25, 0.3) is 11.1 Å². The van der Waals surface area contributed by atoms with Gasteiger partial charge in [0, 0.05) is 25.5 Å². The molecule has 0 unspecified atom stereocenters. The van der Waals surface area contributed by atoms with Gasteiger partial charge in [-0.25, -0.2) is 12.7 Å². The van der Waals surface area contributed by atoms with Crippen LogP contribution in [-0.4, -0.2) is 38.8 Å². The molecule has 0 aliphatic heterocycles. The van der Waals surface area contributed by atoms with Gasteiger partial charge in [-0.3, -0.25) is 4.79 Å². The Morgan fingerprint density at radius 3 is 2.10 bits per heavy atom. The number of hydrogen-bond donors (Lipinski definition) is 2. The van der Waals surface area contributed by atoms with E-state index < -0.39 is 16.1 Å². The summed E-state index contributed by atoms with van der Waals surface area (Å²) in [4.78, 5) is 12.7. The summed E-state index contributed by atoms with van der Waals surface area (Å²) in [5.41, 5.74) is 3.47. The van der Waals surface area contributed by atoms with E-state index in [1.165, 1.54) is 26.2 Å². The summed E-state index contributed by atoms with van der Waals surface area (Å²) >= 11 is 0. The second kappa shape index (κ2) is 9.11. The zero-order valence-corrected chi connectivity index (χ0v) is 18.0. The van der Waals surface area contributed by atoms with Crippen LogP contribution in [0.15, 0.2) is 83.8 Å². The van der Waals surface area contributed by atoms with Gasteiger partial charge in [-0.15, -0.1) is 0 Å². The van der Waals surface area contributed by atoms with Crippen LogP contribution in [0.3, 0.4) is 0 Å². The van der Waals surface area contributed by atoms with Gasteiger partial charge < -0.3 is 10.6 Å². The van der Waals surface area contributed by atoms with Crippen molar-refractivity contribution in [3.63, 3.8) is 0 Å². The first-order valence-electron chi connectivity index (χ1n) is 9.53. The van der Waals surface area contributed by atoms with Crippen molar-refractivity contribution in [1.29, 1.82) is 0 Å². The van der Waals surface area contributed by atoms with E-state index in [1.807, 2.05) is 54.6 Å². The van der Waals surface area contributed by atoms with E-state index in [9.17, 15) is 13.2 Å². The fraction of sp³-hybridized carbons (Fsp3) is 0.174. The second-order valence-electron chi connectivity index (χ2n) is 7.11. The summed E-state index contributed by atoms with van der Waals surface area (Å²) in [7, 11) is -0.629. The summed E-state index contributed by atoms with van der Waals surface area (Å²) in [5, 5.41) is 5.93. The monoisotopic (exact) mass is 423 g/mol. The Morgan fingerprint density at radius 1 is 0.833 bits per heavy atom. The lowest BCUT2D eigenvalue weighted by atomic mass is 10.1. The third-order valence-electron chi connectivity index (χ3n) is 4.65. The largest absolute Gasteiger partial charge is 0.374 e. The van der Waals surface area contributed by atoms with Crippen molar-refractivity contribution >= 4 is 27.3 Å². The number of carbonyl (C=O) groups is 1. The highest BCUT2D eigenvalue weighted by Gasteiger charge is 2.18. The number of anilines is 2. The molecule has 0 spiro atoms. The van der Waals surface area contributed by atoms with E-state index in [-0.39, 0.29) is 10.8 Å². The van der Waals surface area contributed by atoms with Gasteiger partial charge in [-0.2, -0.15) is 0 Å². The number of carbonyl (C=O) groups excluding carboxylic acids is 1. The molecular formula is C23H25N3O3S. The van der Waals surface area contributed by atoms with Crippen LogP contribution in [0.1, 0.15) is 6.92 Å². The Morgan fingerprint density at radius 2 is 1.47 bits per heavy atom. The Hall–Kier alpha value is -3.16. The molecule has 0 aromatic heterocycles. The predicted octanol–water partition coefficient (Wildman–Crippen LogP) is 4.04. The Balaban J connectivity index is 1.65. The number of amides is 1. The Labute approximate surface area is 177 Å². The summed E-state index contributed by atoms with van der Waals surface area (Å²) in [6, 6.07) is 23.6. The molecule has 3 rings (SSSR count). The van der Waals surface area contributed by atoms with Crippen molar-refractivity contribution in [2.45, 2.75) is 17.9 Å². The van der Waals surface area contributed by atoms with Crippen LogP contribution in [0.5, 0.6) is 0 Å². The van der Waals surface area contributed by atoms with Crippen molar-refractivity contribution in [2.24, 2.45) is 0 Å². The molecule has 156 valence electrons. The molecule has 7 heteroatoms. The maximum Gasteiger partial charge on any atom is 0.246 e. The van der Waals surface area contributed by atoms with Crippen LogP contribution in [0.2, 0.25) is 0 Å². The topological polar surface area (TPSA) is 78.5 Å². The zero-order chi connectivity index (χ0) is 21.7. The van der Waals surface area contributed by atoms with E-state index in [0.29, 0.717) is 5.69 Å². The van der Waals surface area contributed by atoms with Crippen LogP contribution in [0, 0.1) is 0 Å². The zero-order valence-electron chi connectivity index (χ0n) is 17.2. The van der Waals surface area contributed by atoms with Gasteiger partial charge in [0.1, 0.15) is 6.04 Å². The first kappa shape index (κ1) is 21.5. The highest BCUT2D eigenvalue weighted by Crippen LogP contribution is 2.22. The number of nitrogens with zero attached hydrogens (tertiary/aromatic N) is 1. The molecule has 0 radical (unpaired) electrons. The van der Waals surface area contributed by atoms with E-state index in [0.717, 1.165) is 21.1 Å². The van der Waals surface area contributed by atoms with E-state index in [2.05, 4.69) is 10.6 Å². The molecule has 0 saturated heterocycles. The highest BCUT2D eigenvalue weighted by atomic mass is 32.2. The number of hydrogen-bond acceptors (Lipinski definition) is 4. The first-order chi connectivity index (χ1) is 14.3. The molecule has 1 amide bonds. The van der Waals surface area contributed by atoms with E-state index >= 15 is 0 Å². The minimum atomic E-state index is -3.56. The van der Waals surface area contributed by atoms with Crippen molar-refractivity contribution in [1.82, 2.24) is 4.31 Å². The second-order valence-corrected chi connectivity index (χ2v) is 9.27. The highest BCUT2D eigenvalue weighted by molar-refractivity contribution is 7.89. The molecule has 1 atom stereocenters. The molecule has 3 aromatic carbocycles. The van der Waals surface area contributed by atoms with Gasteiger partial charge in [0.15, 0.2) is 0 Å². The Kier molecular flexibility index (Phi) is 6.54. The third kappa shape index (κ3) is 5.06. The lowest BCUT2D eigenvalue weighted by Crippen LogP contribution is -2.32. The summed E-state index contributed by atoms with van der Waals surface area (Å²) in [5.74, 6) is -0.262. The van der Waals surface area contributed by atoms with Crippen LogP contribution in [-0.2, 0) is 14.8 Å². The summed E-state index contributed by atoms with van der Waals surface area (Å²) < 4.78 is 25.7. The fourth-order valence-electron chi connectivity index (χ4n) is 2.90. The molecule has 2 N–H and O–H groups in total. The predicted molar refractivity (Wildman–Crippen MR) is 121 cm³/mol. The molecule has 0 saturated carbocycles. The number of nitrogens with one attached hydrogen (secondary N) is 2. The molecule has 0 aliphatic rings. The van der Waals surface area contributed by atoms with Crippen molar-refractivity contribution in [2.75, 3.05) is 24.7 Å². The molecule has 0 bridgehead atoms. The van der Waals surface area contributed by atoms with Gasteiger partial charge >= 0.3 is 0 Å². The maximum atomic E-state index is 12.6. The quantitative estimate of drug-likeness (QED) is 0.601. The molecule has 6 nitrogen and oxygen atoms in total. The number of sulfonamides is 1. The normalized spacial score (nSPS) is 12.4. The molecular weight excluding hydrogens is 398 g/mol. The first-order valence-corrected chi connectivity index (χ1v) is 11.0. The lowest BCUT2D eigenvalue weighted by Gasteiger charge is -2.17. The van der Waals surface area contributed by atoms with Gasteiger partial charge in [0.25, 0.3) is 0 Å². The smallest absolute Gasteiger partial charge is 0.246 e. The molecule has 0 heterocycles. The van der Waals surface area contributed by atoms with Gasteiger partial charge in [-0.05, 0) is 48.4 Å². The summed E-state index contributed by atoms with van der Waals surface area (Å²) in [6.07, 6.45) is 0. The average Bonchev–Trinajstić information content (AvgIpc) is 2.75. The molecule has 0 aliphatic carbocycles. The summed E-state index contributed by atoms with van der Waals surface area (Å²) in [6.45, 7) is 1.75. The average molecular weight is 424 g/mol. The van der Waals surface area contributed by atoms with E-state index in [1.54, 1.807) is 19.1 Å². The standard InChI is InChI=1S/C23H25N3O3S/c1-17(24-20-14-12-19(13-15-20)18-8-5-4-6-9-18)23(27)25-21-10-7-11-22(16-21)30(28,29)26(2)3/h4-17,24H,1-3H3,(H,25,27)/t17-/m0/s1. The van der Waals surface area contributed by atoms with Crippen molar-refractivity contribution in [3.8, 4) is 11.1 Å². The van der Waals surface area contributed by atoms with Crippen LogP contribution < -0.4 is 10.6 Å². The van der Waals surface area contributed by atoms with Crippen molar-refractivity contribution < 1.29 is 13.2 Å².